The average Bonchev–Trinajstić information content (AvgIpc) is 2.84. The van der Waals surface area contributed by atoms with Gasteiger partial charge in [0.1, 0.15) is 5.75 Å². The van der Waals surface area contributed by atoms with E-state index in [9.17, 15) is 13.2 Å². The van der Waals surface area contributed by atoms with Crippen LogP contribution < -0.4 is 9.64 Å². The Morgan fingerprint density at radius 3 is 2.18 bits per heavy atom. The van der Waals surface area contributed by atoms with Crippen molar-refractivity contribution in [1.82, 2.24) is 19.4 Å². The van der Waals surface area contributed by atoms with Crippen LogP contribution in [0.15, 0.2) is 36.4 Å². The van der Waals surface area contributed by atoms with Crippen LogP contribution in [0.25, 0.3) is 11.3 Å². The quantitative estimate of drug-likeness (QED) is 0.632. The largest absolute Gasteiger partial charge is 0.494 e. The summed E-state index contributed by atoms with van der Waals surface area (Å²) in [6.45, 7) is 6.10. The summed E-state index contributed by atoms with van der Waals surface area (Å²) in [7, 11) is -3.18. The van der Waals surface area contributed by atoms with Gasteiger partial charge in [0.15, 0.2) is 5.82 Å². The van der Waals surface area contributed by atoms with Crippen LogP contribution in [0, 0.1) is 5.92 Å². The third kappa shape index (κ3) is 5.62. The van der Waals surface area contributed by atoms with Crippen LogP contribution in [0.4, 0.5) is 5.82 Å². The number of sulfonamides is 1. The van der Waals surface area contributed by atoms with E-state index in [1.807, 2.05) is 48.2 Å². The molecule has 0 aliphatic carbocycles. The van der Waals surface area contributed by atoms with Crippen molar-refractivity contribution in [2.45, 2.75) is 19.8 Å². The molecule has 2 saturated heterocycles. The Labute approximate surface area is 195 Å². The van der Waals surface area contributed by atoms with Gasteiger partial charge in [-0.15, -0.1) is 10.2 Å². The predicted octanol–water partition coefficient (Wildman–Crippen LogP) is 1.86. The maximum atomic E-state index is 12.9. The Kier molecular flexibility index (Phi) is 7.14. The van der Waals surface area contributed by atoms with Crippen LogP contribution in [-0.2, 0) is 14.8 Å². The highest BCUT2D eigenvalue weighted by molar-refractivity contribution is 7.88. The van der Waals surface area contributed by atoms with Gasteiger partial charge in [-0.25, -0.2) is 12.7 Å². The molecule has 33 heavy (non-hydrogen) atoms. The molecule has 0 N–H and O–H groups in total. The molecule has 4 rings (SSSR count). The highest BCUT2D eigenvalue weighted by Gasteiger charge is 2.32. The van der Waals surface area contributed by atoms with Crippen molar-refractivity contribution >= 4 is 21.7 Å². The Hall–Kier alpha value is -2.72. The van der Waals surface area contributed by atoms with Crippen molar-refractivity contribution in [3.05, 3.63) is 36.4 Å². The number of rotatable bonds is 6. The number of carbonyl (C=O) groups is 1. The summed E-state index contributed by atoms with van der Waals surface area (Å²) in [5, 5.41) is 8.79. The third-order valence-electron chi connectivity index (χ3n) is 6.30. The Morgan fingerprint density at radius 2 is 1.64 bits per heavy atom. The number of benzene rings is 1. The molecule has 1 aromatic heterocycles. The number of piperazine rings is 1. The van der Waals surface area contributed by atoms with Crippen molar-refractivity contribution in [3.63, 3.8) is 0 Å². The minimum Gasteiger partial charge on any atom is -0.494 e. The first-order valence-corrected chi connectivity index (χ1v) is 13.3. The molecule has 10 heteroatoms. The third-order valence-corrected chi connectivity index (χ3v) is 7.60. The second-order valence-electron chi connectivity index (χ2n) is 8.48. The van der Waals surface area contributed by atoms with E-state index in [0.29, 0.717) is 58.7 Å². The molecule has 0 unspecified atom stereocenters. The van der Waals surface area contributed by atoms with Crippen LogP contribution in [0.2, 0.25) is 0 Å². The number of hydrogen-bond donors (Lipinski definition) is 0. The average molecular weight is 474 g/mol. The number of hydrogen-bond acceptors (Lipinski definition) is 7. The van der Waals surface area contributed by atoms with Gasteiger partial charge in [0, 0.05) is 50.7 Å². The first-order chi connectivity index (χ1) is 15.8. The smallest absolute Gasteiger partial charge is 0.225 e. The molecule has 0 saturated carbocycles. The molecule has 0 radical (unpaired) electrons. The van der Waals surface area contributed by atoms with Crippen LogP contribution >= 0.6 is 0 Å². The minimum atomic E-state index is -3.18. The van der Waals surface area contributed by atoms with E-state index in [0.717, 1.165) is 22.8 Å². The second-order valence-corrected chi connectivity index (χ2v) is 10.5. The number of anilines is 1. The first kappa shape index (κ1) is 23.4. The topological polar surface area (TPSA) is 95.9 Å². The number of nitrogens with zero attached hydrogens (tertiary/aromatic N) is 5. The summed E-state index contributed by atoms with van der Waals surface area (Å²) in [6.07, 6.45) is 2.40. The van der Waals surface area contributed by atoms with Crippen molar-refractivity contribution in [3.8, 4) is 17.0 Å². The van der Waals surface area contributed by atoms with Gasteiger partial charge in [0.05, 0.1) is 18.6 Å². The van der Waals surface area contributed by atoms with E-state index in [2.05, 4.69) is 15.1 Å². The number of amides is 1. The van der Waals surface area contributed by atoms with E-state index < -0.39 is 10.0 Å². The van der Waals surface area contributed by atoms with Gasteiger partial charge >= 0.3 is 0 Å². The van der Waals surface area contributed by atoms with E-state index >= 15 is 0 Å². The summed E-state index contributed by atoms with van der Waals surface area (Å²) in [6, 6.07) is 11.7. The molecule has 9 nitrogen and oxygen atoms in total. The number of ether oxygens (including phenoxy) is 1. The molecule has 0 bridgehead atoms. The van der Waals surface area contributed by atoms with E-state index in [4.69, 9.17) is 4.74 Å². The fourth-order valence-electron chi connectivity index (χ4n) is 4.38. The van der Waals surface area contributed by atoms with E-state index in [1.54, 1.807) is 0 Å². The molecule has 2 aliphatic heterocycles. The summed E-state index contributed by atoms with van der Waals surface area (Å²) in [4.78, 5) is 17.0. The molecule has 2 aliphatic rings. The summed E-state index contributed by atoms with van der Waals surface area (Å²) < 4.78 is 30.3. The van der Waals surface area contributed by atoms with Gasteiger partial charge in [-0.2, -0.15) is 0 Å². The first-order valence-electron chi connectivity index (χ1n) is 11.4. The maximum absolute atomic E-state index is 12.9. The fourth-order valence-corrected chi connectivity index (χ4v) is 5.26. The van der Waals surface area contributed by atoms with Gasteiger partial charge < -0.3 is 14.5 Å². The van der Waals surface area contributed by atoms with Gasteiger partial charge in [-0.05, 0) is 56.2 Å². The highest BCUT2D eigenvalue weighted by Crippen LogP contribution is 2.24. The summed E-state index contributed by atoms with van der Waals surface area (Å²) in [5.74, 6) is 1.68. The zero-order valence-corrected chi connectivity index (χ0v) is 20.0. The lowest BCUT2D eigenvalue weighted by Crippen LogP contribution is -2.52. The summed E-state index contributed by atoms with van der Waals surface area (Å²) in [5.41, 5.74) is 1.78. The van der Waals surface area contributed by atoms with Gasteiger partial charge in [-0.1, -0.05) is 0 Å². The van der Waals surface area contributed by atoms with Crippen LogP contribution in [0.3, 0.4) is 0 Å². The van der Waals surface area contributed by atoms with Gasteiger partial charge in [-0.3, -0.25) is 4.79 Å². The molecule has 1 aromatic carbocycles. The number of aromatic nitrogens is 2. The Morgan fingerprint density at radius 1 is 0.970 bits per heavy atom. The lowest BCUT2D eigenvalue weighted by Gasteiger charge is -2.38. The molecule has 178 valence electrons. The summed E-state index contributed by atoms with van der Waals surface area (Å²) >= 11 is 0. The normalized spacial score (nSPS) is 18.4. The second kappa shape index (κ2) is 10.0. The SMILES string of the molecule is CCOc1ccc(-c2ccc(N3CCN(C(=O)C4CCN(S(C)(=O)=O)CC4)CC3)nn2)cc1. The Bertz CT molecular complexity index is 1040. The molecule has 0 atom stereocenters. The van der Waals surface area contributed by atoms with Crippen LogP contribution in [0.1, 0.15) is 19.8 Å². The lowest BCUT2D eigenvalue weighted by molar-refractivity contribution is -0.137. The van der Waals surface area contributed by atoms with Crippen molar-refractivity contribution in [2.75, 3.05) is 57.0 Å². The predicted molar refractivity (Wildman–Crippen MR) is 127 cm³/mol. The number of carbonyl (C=O) groups excluding carboxylic acids is 1. The molecular weight excluding hydrogens is 442 g/mol. The van der Waals surface area contributed by atoms with Crippen LogP contribution in [-0.4, -0.2) is 85.9 Å². The zero-order valence-electron chi connectivity index (χ0n) is 19.2. The standard InChI is InChI=1S/C23H31N5O4S/c1-3-32-20-6-4-18(5-7-20)21-8-9-22(25-24-21)26-14-16-27(17-15-26)23(29)19-10-12-28(13-11-19)33(2,30)31/h4-9,19H,3,10-17H2,1-2H3. The van der Waals surface area contributed by atoms with Crippen LogP contribution in [0.5, 0.6) is 5.75 Å². The fraction of sp³-hybridized carbons (Fsp3) is 0.522. The molecular formula is C23H31N5O4S. The van der Waals surface area contributed by atoms with Crippen molar-refractivity contribution < 1.29 is 17.9 Å². The van der Waals surface area contributed by atoms with Gasteiger partial charge in [0.25, 0.3) is 0 Å². The van der Waals surface area contributed by atoms with Gasteiger partial charge in [0.2, 0.25) is 15.9 Å². The minimum absolute atomic E-state index is 0.0947. The highest BCUT2D eigenvalue weighted by atomic mass is 32.2. The lowest BCUT2D eigenvalue weighted by atomic mass is 9.96. The van der Waals surface area contributed by atoms with E-state index in [-0.39, 0.29) is 11.8 Å². The zero-order chi connectivity index (χ0) is 23.4. The molecule has 0 spiro atoms. The maximum Gasteiger partial charge on any atom is 0.225 e. The molecule has 1 amide bonds. The van der Waals surface area contributed by atoms with Crippen molar-refractivity contribution in [1.29, 1.82) is 0 Å². The molecule has 3 heterocycles. The molecule has 2 aromatic rings. The molecule has 2 fully saturated rings. The monoisotopic (exact) mass is 473 g/mol. The Balaban J connectivity index is 1.29. The number of piperidine rings is 1. The van der Waals surface area contributed by atoms with Crippen molar-refractivity contribution in [2.24, 2.45) is 5.92 Å². The van der Waals surface area contributed by atoms with E-state index in [1.165, 1.54) is 10.6 Å².